The summed E-state index contributed by atoms with van der Waals surface area (Å²) < 4.78 is 5.55. The van der Waals surface area contributed by atoms with Crippen molar-refractivity contribution in [3.05, 3.63) is 77.0 Å². The lowest BCUT2D eigenvalue weighted by Gasteiger charge is -2.38. The molecule has 1 aliphatic carbocycles. The number of phenols is 1. The van der Waals surface area contributed by atoms with Crippen LogP contribution in [-0.2, 0) is 41.9 Å². The number of fused-ring (bicyclic) bond motifs is 2. The second-order valence-electron chi connectivity index (χ2n) is 12.4. The molecule has 44 heavy (non-hydrogen) atoms. The van der Waals surface area contributed by atoms with E-state index in [1.807, 2.05) is 17.0 Å². The third kappa shape index (κ3) is 5.90. The zero-order valence-electron chi connectivity index (χ0n) is 25.5. The molecule has 4 aliphatic rings. The van der Waals surface area contributed by atoms with Crippen LogP contribution in [0.5, 0.6) is 5.75 Å². The van der Waals surface area contributed by atoms with Crippen molar-refractivity contribution in [2.24, 2.45) is 0 Å². The van der Waals surface area contributed by atoms with Gasteiger partial charge in [-0.3, -0.25) is 9.69 Å². The molecule has 9 heteroatoms. The molecule has 3 aromatic rings. The molecule has 7 rings (SSSR count). The number of aromatic nitrogens is 2. The van der Waals surface area contributed by atoms with Crippen LogP contribution >= 0.6 is 0 Å². The highest BCUT2D eigenvalue weighted by molar-refractivity contribution is 5.87. The van der Waals surface area contributed by atoms with Crippen LogP contribution < -0.4 is 9.80 Å². The quantitative estimate of drug-likeness (QED) is 0.430. The van der Waals surface area contributed by atoms with Crippen molar-refractivity contribution in [2.75, 3.05) is 68.8 Å². The maximum atomic E-state index is 12.3. The van der Waals surface area contributed by atoms with E-state index in [2.05, 4.69) is 45.5 Å². The molecule has 230 valence electrons. The first-order valence-electron chi connectivity index (χ1n) is 16.1. The Labute approximate surface area is 259 Å². The van der Waals surface area contributed by atoms with E-state index in [1.165, 1.54) is 41.2 Å². The van der Waals surface area contributed by atoms with Crippen LogP contribution in [0.2, 0.25) is 0 Å². The second-order valence-corrected chi connectivity index (χ2v) is 12.4. The summed E-state index contributed by atoms with van der Waals surface area (Å²) >= 11 is 0. The van der Waals surface area contributed by atoms with Gasteiger partial charge in [0.1, 0.15) is 11.6 Å². The number of piperazine rings is 1. The normalized spacial score (nSPS) is 19.0. The Kier molecular flexibility index (Phi) is 8.23. The number of nitrogens with zero attached hydrogens (tertiary/aromatic N) is 6. The van der Waals surface area contributed by atoms with E-state index < -0.39 is 0 Å². The number of morpholine rings is 1. The number of anilines is 2. The fourth-order valence-electron chi connectivity index (χ4n) is 7.21. The smallest absolute Gasteiger partial charge is 0.246 e. The van der Waals surface area contributed by atoms with Crippen LogP contribution in [-0.4, -0.2) is 89.8 Å². The fourth-order valence-corrected chi connectivity index (χ4v) is 7.21. The number of hydrogen-bond donors (Lipinski definition) is 1. The van der Waals surface area contributed by atoms with Crippen molar-refractivity contribution in [2.45, 2.75) is 45.2 Å². The summed E-state index contributed by atoms with van der Waals surface area (Å²) in [7, 11) is 0. The predicted octanol–water partition coefficient (Wildman–Crippen LogP) is 3.96. The summed E-state index contributed by atoms with van der Waals surface area (Å²) in [6.07, 6.45) is 6.68. The standard InChI is InChI=1S/C35H42N6O3/c1-2-33(43)39-12-14-40(15-13-39)35-30-10-11-41(32-22-28(42)21-26-7-3-4-9-29(26)32)24-31(30)36-34(37-35)27-8-5-6-25(20-27)23-38-16-18-44-19-17-38/h2,5-6,8,20-22,42H,1,3-4,7,9-19,23-24H2. The van der Waals surface area contributed by atoms with Crippen molar-refractivity contribution >= 4 is 17.4 Å². The van der Waals surface area contributed by atoms with Gasteiger partial charge in [0.15, 0.2) is 5.82 Å². The van der Waals surface area contributed by atoms with Gasteiger partial charge in [-0.15, -0.1) is 0 Å². The maximum Gasteiger partial charge on any atom is 0.246 e. The van der Waals surface area contributed by atoms with Crippen LogP contribution in [0.3, 0.4) is 0 Å². The highest BCUT2D eigenvalue weighted by atomic mass is 16.5. The molecule has 0 bridgehead atoms. The highest BCUT2D eigenvalue weighted by Crippen LogP contribution is 2.38. The van der Waals surface area contributed by atoms with Gasteiger partial charge in [-0.1, -0.05) is 24.8 Å². The fraction of sp³-hybridized carbons (Fsp3) is 0.457. The average molecular weight is 595 g/mol. The molecule has 0 spiro atoms. The van der Waals surface area contributed by atoms with Crippen LogP contribution in [0.15, 0.2) is 49.1 Å². The summed E-state index contributed by atoms with van der Waals surface area (Å²) in [5, 5.41) is 10.6. The molecule has 4 heterocycles. The molecular weight excluding hydrogens is 552 g/mol. The minimum Gasteiger partial charge on any atom is -0.508 e. The number of phenolic OH excluding ortho intramolecular Hbond substituents is 1. The van der Waals surface area contributed by atoms with Crippen molar-refractivity contribution in [3.63, 3.8) is 0 Å². The first-order chi connectivity index (χ1) is 21.6. The molecule has 1 aromatic heterocycles. The van der Waals surface area contributed by atoms with Gasteiger partial charge in [-0.2, -0.15) is 0 Å². The monoisotopic (exact) mass is 594 g/mol. The third-order valence-electron chi connectivity index (χ3n) is 9.57. The largest absolute Gasteiger partial charge is 0.508 e. The number of ether oxygens (including phenoxy) is 1. The van der Waals surface area contributed by atoms with Crippen LogP contribution in [0.25, 0.3) is 11.4 Å². The van der Waals surface area contributed by atoms with Gasteiger partial charge in [0.2, 0.25) is 5.91 Å². The van der Waals surface area contributed by atoms with Gasteiger partial charge < -0.3 is 24.5 Å². The predicted molar refractivity (Wildman–Crippen MR) is 172 cm³/mol. The van der Waals surface area contributed by atoms with Gasteiger partial charge in [-0.05, 0) is 67.0 Å². The van der Waals surface area contributed by atoms with Gasteiger partial charge >= 0.3 is 0 Å². The summed E-state index contributed by atoms with van der Waals surface area (Å²) in [6, 6.07) is 12.5. The minimum atomic E-state index is -0.0165. The maximum absolute atomic E-state index is 12.3. The first-order valence-corrected chi connectivity index (χ1v) is 16.1. The van der Waals surface area contributed by atoms with Crippen LogP contribution in [0, 0.1) is 0 Å². The van der Waals surface area contributed by atoms with Crippen molar-refractivity contribution in [1.29, 1.82) is 0 Å². The molecule has 0 unspecified atom stereocenters. The third-order valence-corrected chi connectivity index (χ3v) is 9.57. The number of benzene rings is 2. The van der Waals surface area contributed by atoms with E-state index in [9.17, 15) is 9.90 Å². The van der Waals surface area contributed by atoms with E-state index in [4.69, 9.17) is 14.7 Å². The highest BCUT2D eigenvalue weighted by Gasteiger charge is 2.30. The zero-order valence-corrected chi connectivity index (χ0v) is 25.5. The molecule has 1 amide bonds. The Hall–Kier alpha value is -3.95. The van der Waals surface area contributed by atoms with Crippen molar-refractivity contribution < 1.29 is 14.6 Å². The molecule has 9 nitrogen and oxygen atoms in total. The van der Waals surface area contributed by atoms with Crippen LogP contribution in [0.4, 0.5) is 11.5 Å². The first kappa shape index (κ1) is 28.8. The lowest BCUT2D eigenvalue weighted by atomic mass is 9.89. The Morgan fingerprint density at radius 2 is 1.73 bits per heavy atom. The number of carbonyl (C=O) groups is 1. The molecular formula is C35H42N6O3. The summed E-state index contributed by atoms with van der Waals surface area (Å²) in [6.45, 7) is 12.3. The molecule has 2 aromatic carbocycles. The number of carbonyl (C=O) groups excluding carboxylic acids is 1. The van der Waals surface area contributed by atoms with E-state index >= 15 is 0 Å². The molecule has 0 atom stereocenters. The molecule has 0 radical (unpaired) electrons. The summed E-state index contributed by atoms with van der Waals surface area (Å²) in [5.41, 5.74) is 8.33. The van der Waals surface area contributed by atoms with E-state index in [-0.39, 0.29) is 5.91 Å². The van der Waals surface area contributed by atoms with Gasteiger partial charge in [-0.25, -0.2) is 9.97 Å². The average Bonchev–Trinajstić information content (AvgIpc) is 3.07. The topological polar surface area (TPSA) is 85.3 Å². The van der Waals surface area contributed by atoms with Gasteiger partial charge in [0.05, 0.1) is 25.5 Å². The Balaban J connectivity index is 1.23. The van der Waals surface area contributed by atoms with Crippen molar-refractivity contribution in [3.8, 4) is 17.1 Å². The number of aryl methyl sites for hydroxylation is 1. The number of rotatable bonds is 6. The van der Waals surface area contributed by atoms with Crippen molar-refractivity contribution in [1.82, 2.24) is 19.8 Å². The number of amides is 1. The molecule has 1 N–H and O–H groups in total. The lowest BCUT2D eigenvalue weighted by molar-refractivity contribution is -0.126. The van der Waals surface area contributed by atoms with E-state index in [0.717, 1.165) is 100 Å². The number of aromatic hydroxyl groups is 1. The van der Waals surface area contributed by atoms with E-state index in [1.54, 1.807) is 0 Å². The number of hydrogen-bond acceptors (Lipinski definition) is 8. The minimum absolute atomic E-state index is 0.0165. The van der Waals surface area contributed by atoms with Crippen LogP contribution in [0.1, 0.15) is 40.8 Å². The van der Waals surface area contributed by atoms with E-state index in [0.29, 0.717) is 25.4 Å². The van der Waals surface area contributed by atoms with Gasteiger partial charge in [0, 0.05) is 75.2 Å². The zero-order chi connectivity index (χ0) is 30.0. The second kappa shape index (κ2) is 12.6. The summed E-state index contributed by atoms with van der Waals surface area (Å²) in [4.78, 5) is 31.8. The molecule has 2 saturated heterocycles. The molecule has 0 saturated carbocycles. The Morgan fingerprint density at radius 1 is 0.909 bits per heavy atom. The summed E-state index contributed by atoms with van der Waals surface area (Å²) in [5.74, 6) is 2.07. The lowest BCUT2D eigenvalue weighted by Crippen LogP contribution is -2.49. The van der Waals surface area contributed by atoms with Gasteiger partial charge in [0.25, 0.3) is 0 Å². The SMILES string of the molecule is C=CC(=O)N1CCN(c2nc(-c3cccc(CN4CCOCC4)c3)nc3c2CCN(c2cc(O)cc4c2CCCC4)C3)CC1. The molecule has 2 fully saturated rings. The molecule has 3 aliphatic heterocycles. The Morgan fingerprint density at radius 3 is 2.55 bits per heavy atom. The Bertz CT molecular complexity index is 1540.